The number of ketones is 5. The Balaban J connectivity index is 0.000000209. The van der Waals surface area contributed by atoms with E-state index in [4.69, 9.17) is 4.74 Å². The maximum Gasteiger partial charge on any atom is 0.321 e. The quantitative estimate of drug-likeness (QED) is 0.0219. The Kier molecular flexibility index (Phi) is 44.9. The molecular weight excluding hydrogens is 1750 g/mol. The van der Waals surface area contributed by atoms with Gasteiger partial charge >= 0.3 is 23.9 Å². The third-order valence-electron chi connectivity index (χ3n) is 25.3. The molecule has 34 heteroatoms. The number of hydrogen-bond acceptors (Lipinski definition) is 29. The first-order chi connectivity index (χ1) is 63.5. The molecule has 32 nitrogen and oxygen atoms in total. The Bertz CT molecular complexity index is 4760. The third-order valence-corrected chi connectivity index (χ3v) is 25.3. The second kappa shape index (κ2) is 54.6. The predicted molar refractivity (Wildman–Crippen MR) is 518 cm³/mol. The number of nitrogens with one attached hydrogen (secondary N) is 4. The van der Waals surface area contributed by atoms with Crippen molar-refractivity contribution >= 4 is 112 Å². The van der Waals surface area contributed by atoms with Gasteiger partial charge in [-0.2, -0.15) is 15.3 Å². The van der Waals surface area contributed by atoms with Crippen molar-refractivity contribution in [1.82, 2.24) is 60.9 Å². The van der Waals surface area contributed by atoms with Crippen LogP contribution in [0.1, 0.15) is 91.2 Å². The number of piperidine rings is 8. The SMILES string of the molecule is CN1CCC2=NN(C)C(=O)C2(Cc2ccccc2)C1.CN1N=C2CCNCC2(Cc2ccccc2)C1=O.CN1N=C2CCNC[C@@]2(Cc2ccccc2)C1=O.CNN.COC(=O)C1(Cc2ccccc2)CN(C)CCC1=O.COC(=O)C1CN(C)CCC1=O.COC(=O)C1CN(Cc2ccccc2)CCC1=O.COC(=O)C1CNCCC1=O.Cl.Cl.O=C1CCN(Cc2ccccc2)CC1. The molecule has 3 amide bonds. The average Bonchev–Trinajstić information content (AvgIpc) is 1.60. The van der Waals surface area contributed by atoms with E-state index in [1.165, 1.54) is 71.3 Å². The van der Waals surface area contributed by atoms with E-state index in [2.05, 4.69) is 139 Å². The molecule has 0 saturated carbocycles. The van der Waals surface area contributed by atoms with Gasteiger partial charge in [0.25, 0.3) is 17.7 Å². The number of carbonyl (C=O) groups excluding carboxylic acids is 12. The van der Waals surface area contributed by atoms with Gasteiger partial charge in [-0.25, -0.2) is 15.0 Å². The van der Waals surface area contributed by atoms with Crippen LogP contribution in [-0.4, -0.2) is 310 Å². The molecule has 11 heterocycles. The van der Waals surface area contributed by atoms with Gasteiger partial charge in [0.2, 0.25) is 0 Å². The van der Waals surface area contributed by atoms with Gasteiger partial charge in [0, 0.05) is 197 Å². The van der Waals surface area contributed by atoms with E-state index in [9.17, 15) is 57.5 Å². The summed E-state index contributed by atoms with van der Waals surface area (Å²) >= 11 is 0. The van der Waals surface area contributed by atoms with Crippen LogP contribution in [0.2, 0.25) is 0 Å². The van der Waals surface area contributed by atoms with Crippen molar-refractivity contribution in [3.8, 4) is 0 Å². The number of carbonyl (C=O) groups is 12. The van der Waals surface area contributed by atoms with E-state index in [-0.39, 0.29) is 65.7 Å². The number of benzene rings is 6. The summed E-state index contributed by atoms with van der Waals surface area (Å²) in [7, 11) is 18.1. The second-order valence-corrected chi connectivity index (χ2v) is 35.0. The van der Waals surface area contributed by atoms with Crippen LogP contribution < -0.4 is 27.2 Å². The molecular formula is C100H136Cl2N16O16. The van der Waals surface area contributed by atoms with Gasteiger partial charge in [-0.3, -0.25) is 78.6 Å². The number of halogens is 2. The minimum absolute atomic E-state index is 0. The number of nitrogens with two attached hydrogens (primary N) is 1. The van der Waals surface area contributed by atoms with Crippen LogP contribution in [0.5, 0.6) is 0 Å². The van der Waals surface area contributed by atoms with Crippen LogP contribution in [0.25, 0.3) is 0 Å². The van der Waals surface area contributed by atoms with Gasteiger partial charge in [-0.1, -0.05) is 182 Å². The highest BCUT2D eigenvalue weighted by atomic mass is 35.5. The van der Waals surface area contributed by atoms with E-state index < -0.39 is 63.3 Å². The summed E-state index contributed by atoms with van der Waals surface area (Å²) in [5, 5.41) is 27.5. The summed E-state index contributed by atoms with van der Waals surface area (Å²) in [6.45, 7) is 13.2. The molecule has 8 fully saturated rings. The first-order valence-electron chi connectivity index (χ1n) is 45.3. The van der Waals surface area contributed by atoms with Gasteiger partial charge in [-0.05, 0) is 87.3 Å². The van der Waals surface area contributed by atoms with Crippen molar-refractivity contribution in [3.63, 3.8) is 0 Å². The number of hydrazine groups is 1. The number of hydrazone groups is 3. The van der Waals surface area contributed by atoms with Gasteiger partial charge in [0.05, 0.1) is 45.6 Å². The summed E-state index contributed by atoms with van der Waals surface area (Å²) in [4.78, 5) is 151. The van der Waals surface area contributed by atoms with Crippen molar-refractivity contribution in [3.05, 3.63) is 215 Å². The number of Topliss-reactive ketones (excluding diaryl/α,β-unsaturated/α-hetero) is 5. The van der Waals surface area contributed by atoms with E-state index in [0.717, 1.165) is 133 Å². The maximum atomic E-state index is 12.6. The van der Waals surface area contributed by atoms with Gasteiger partial charge < -0.3 is 49.6 Å². The number of rotatable bonds is 16. The summed E-state index contributed by atoms with van der Waals surface area (Å²) in [6.07, 6.45) is 8.42. The smallest absolute Gasteiger partial charge is 0.321 e. The molecule has 11 aliphatic rings. The zero-order chi connectivity index (χ0) is 95.4. The number of likely N-dealkylation sites (tertiary alicyclic amines) is 5. The first kappa shape index (κ1) is 110. The standard InChI is InChI=1S/C15H19N3O.C15H19NO3.2C14H17N3O.C14H17NO3.C12H15NO.C8H13NO3.C7H11NO3.CH6N2.2ClH/c1-17-9-8-13-15(11-17,14(19)18(2)16-13)10-12-6-4-3-5-7-12;1-16-9-8-13(17)15(11-16,14(18)19-2)10-12-6-4-3-5-7-12;2*1-17-13(18)14(9-11-5-3-2-4-6-11)10-15-8-7-12(14)16-17;1-18-14(17)12-10-15(8-7-13(12)16)9-11-5-3-2-4-6-11;14-12-6-8-13(9-7-12)10-11-4-2-1-3-5-11;1-9-4-3-7(10)6(5-9)8(11)12-2;1-11-7(10)5-4-8-3-2-6(5)9;1-3-2;;/h2*3-7H,8-11H2,1-2H3;2*2-6,15H,7-10H2,1H3;2-6,12H,7-10H2,1H3;1-5H,6-10H2;6H,3-5H2,1-2H3;5,8H,2-4H2,1H3;3H,2H2,1H3;2*1H/t;;14-;;;;;;;;/m..1......../s1. The summed E-state index contributed by atoms with van der Waals surface area (Å²) < 4.78 is 18.6. The lowest BCUT2D eigenvalue weighted by Gasteiger charge is -2.37. The Labute approximate surface area is 800 Å². The van der Waals surface area contributed by atoms with Crippen molar-refractivity contribution in [1.29, 1.82) is 0 Å². The number of nitrogens with zero attached hydrogens (tertiary/aromatic N) is 11. The molecule has 134 heavy (non-hydrogen) atoms. The highest BCUT2D eigenvalue weighted by Gasteiger charge is 2.55. The van der Waals surface area contributed by atoms with Crippen molar-refractivity contribution in [2.45, 2.75) is 96.6 Å². The predicted octanol–water partition coefficient (Wildman–Crippen LogP) is 6.79. The monoisotopic (exact) mass is 1890 g/mol. The summed E-state index contributed by atoms with van der Waals surface area (Å²) in [5.74, 6) is 1.91. The molecule has 0 aliphatic carbocycles. The van der Waals surface area contributed by atoms with E-state index in [1.807, 2.05) is 145 Å². The van der Waals surface area contributed by atoms with Crippen LogP contribution in [0.15, 0.2) is 197 Å². The van der Waals surface area contributed by atoms with Crippen LogP contribution in [0.3, 0.4) is 0 Å². The minimum atomic E-state index is -1.05. The van der Waals surface area contributed by atoms with Gasteiger partial charge in [-0.15, -0.1) is 24.8 Å². The molecule has 0 spiro atoms. The van der Waals surface area contributed by atoms with Crippen LogP contribution in [-0.2, 0) is 115 Å². The highest BCUT2D eigenvalue weighted by molar-refractivity contribution is 6.15. The minimum Gasteiger partial charge on any atom is -0.468 e. The van der Waals surface area contributed by atoms with E-state index in [1.54, 1.807) is 28.2 Å². The Morgan fingerprint density at radius 2 is 0.716 bits per heavy atom. The molecule has 8 saturated heterocycles. The van der Waals surface area contributed by atoms with Crippen molar-refractivity contribution < 1.29 is 76.5 Å². The molecule has 0 aromatic heterocycles. The molecule has 726 valence electrons. The lowest BCUT2D eigenvalue weighted by molar-refractivity contribution is -0.162. The topological polar surface area (TPSA) is 379 Å². The molecule has 0 radical (unpaired) electrons. The number of methoxy groups -OCH3 is 4. The van der Waals surface area contributed by atoms with Crippen LogP contribution >= 0.6 is 24.8 Å². The molecule has 6 aromatic carbocycles. The van der Waals surface area contributed by atoms with Gasteiger partial charge in [0.1, 0.15) is 62.5 Å². The number of esters is 4. The largest absolute Gasteiger partial charge is 0.468 e. The van der Waals surface area contributed by atoms with Gasteiger partial charge in [0.15, 0.2) is 5.78 Å². The van der Waals surface area contributed by atoms with Crippen molar-refractivity contribution in [2.24, 2.45) is 60.6 Å². The lowest BCUT2D eigenvalue weighted by atomic mass is 9.73. The third kappa shape index (κ3) is 30.3. The average molecular weight is 1890 g/mol. The number of ether oxygens (including phenoxy) is 4. The molecule has 6 N–H and O–H groups in total. The fourth-order valence-corrected chi connectivity index (χ4v) is 18.2. The first-order valence-corrected chi connectivity index (χ1v) is 45.3. The Hall–Kier alpha value is -10.9. The zero-order valence-corrected chi connectivity index (χ0v) is 81.0. The van der Waals surface area contributed by atoms with Crippen LogP contribution in [0, 0.1) is 39.4 Å². The summed E-state index contributed by atoms with van der Waals surface area (Å²) in [5.41, 5.74) is 10.1. The zero-order valence-electron chi connectivity index (χ0n) is 79.3. The van der Waals surface area contributed by atoms with E-state index >= 15 is 0 Å². The van der Waals surface area contributed by atoms with Crippen molar-refractivity contribution in [2.75, 3.05) is 182 Å². The lowest BCUT2D eigenvalue weighted by Crippen LogP contribution is -2.54. The molecule has 6 aromatic rings. The van der Waals surface area contributed by atoms with Crippen LogP contribution in [0.4, 0.5) is 0 Å². The molecule has 17 rings (SSSR count). The fourth-order valence-electron chi connectivity index (χ4n) is 18.2. The Morgan fingerprint density at radius 3 is 1.14 bits per heavy atom. The Morgan fingerprint density at radius 1 is 0.381 bits per heavy atom. The second-order valence-electron chi connectivity index (χ2n) is 35.0. The molecule has 6 unspecified atom stereocenters. The molecule has 7 atom stereocenters. The number of amides is 3. The number of fused-ring (bicyclic) bond motifs is 3. The molecule has 11 aliphatic heterocycles. The highest BCUT2D eigenvalue weighted by Crippen LogP contribution is 2.40. The van der Waals surface area contributed by atoms with E-state index in [0.29, 0.717) is 96.8 Å². The fraction of sp³-hybridized carbons (Fsp3) is 0.490. The summed E-state index contributed by atoms with van der Waals surface area (Å²) in [6, 6.07) is 60.7. The molecule has 0 bridgehead atoms. The number of hydrogen-bond donors (Lipinski definition) is 5. The maximum absolute atomic E-state index is 12.6. The normalized spacial score (nSPS) is 23.7.